The summed E-state index contributed by atoms with van der Waals surface area (Å²) in [6, 6.07) is 18.3. The lowest BCUT2D eigenvalue weighted by Gasteiger charge is -2.31. The number of benzene rings is 2. The Morgan fingerprint density at radius 1 is 1.02 bits per heavy atom. The van der Waals surface area contributed by atoms with E-state index in [4.69, 9.17) is 9.84 Å². The van der Waals surface area contributed by atoms with E-state index in [9.17, 15) is 14.7 Å². The van der Waals surface area contributed by atoms with Crippen LogP contribution in [0.25, 0.3) is 16.8 Å². The molecule has 0 saturated heterocycles. The highest BCUT2D eigenvalue weighted by atomic mass is 16.5. The van der Waals surface area contributed by atoms with Crippen molar-refractivity contribution in [3.8, 4) is 11.1 Å². The molecule has 1 aliphatic carbocycles. The molecule has 2 aliphatic rings. The summed E-state index contributed by atoms with van der Waals surface area (Å²) < 4.78 is 9.98. The molecule has 0 bridgehead atoms. The van der Waals surface area contributed by atoms with Crippen molar-refractivity contribution in [1.29, 1.82) is 0 Å². The number of amides is 1. The summed E-state index contributed by atoms with van der Waals surface area (Å²) in [6.45, 7) is 6.45. The van der Waals surface area contributed by atoms with Crippen LogP contribution < -0.4 is 11.0 Å². The zero-order valence-electron chi connectivity index (χ0n) is 26.4. The van der Waals surface area contributed by atoms with E-state index < -0.39 is 6.10 Å². The van der Waals surface area contributed by atoms with Crippen LogP contribution in [0.1, 0.15) is 87.7 Å². The van der Waals surface area contributed by atoms with E-state index in [0.29, 0.717) is 18.7 Å². The standard InChI is InChI=1S/C36H43N5O4/c1-4-8-32-30(20-24-11-16-28(25-9-6-5-7-10-25)29(19-24)31-21-34(43)39-38-31)36(44)40(35-17-18-37-41(32)35)26-12-14-27(15-13-26)45-22-33(42)23(2)3/h5-7,9-11,16-19,23,26-27,33,42H,4,8,12-15,20-22H2,1-3H3,(H,39,43). The van der Waals surface area contributed by atoms with Crippen molar-refractivity contribution in [2.75, 3.05) is 6.61 Å². The Kier molecular flexibility index (Phi) is 9.28. The van der Waals surface area contributed by atoms with Gasteiger partial charge < -0.3 is 9.84 Å². The third-order valence-corrected chi connectivity index (χ3v) is 9.22. The summed E-state index contributed by atoms with van der Waals surface area (Å²) >= 11 is 0. The normalized spacial score (nSPS) is 19.2. The molecule has 2 aromatic heterocycles. The number of aryl methyl sites for hydroxylation is 1. The number of nitrogens with zero attached hydrogens (tertiary/aromatic N) is 4. The van der Waals surface area contributed by atoms with E-state index in [1.54, 1.807) is 6.20 Å². The molecule has 6 rings (SSSR count). The van der Waals surface area contributed by atoms with Crippen molar-refractivity contribution >= 4 is 17.3 Å². The van der Waals surface area contributed by atoms with E-state index in [1.165, 1.54) is 0 Å². The molecule has 236 valence electrons. The van der Waals surface area contributed by atoms with Crippen LogP contribution in [-0.4, -0.2) is 49.7 Å². The SMILES string of the molecule is CCCc1c(Cc2ccc(-c3ccccc3)c(C3=NNC(=O)C3)c2)c(=O)n(C2CCC(OCC(O)C(C)C)CC2)c2ccnn12. The molecule has 1 aliphatic heterocycles. The van der Waals surface area contributed by atoms with Crippen LogP contribution >= 0.6 is 0 Å². The number of carbonyl (C=O) groups excluding carboxylic acids is 1. The zero-order chi connectivity index (χ0) is 31.5. The van der Waals surface area contributed by atoms with E-state index in [0.717, 1.165) is 77.7 Å². The molecule has 1 saturated carbocycles. The van der Waals surface area contributed by atoms with Gasteiger partial charge in [-0.2, -0.15) is 10.2 Å². The maximum Gasteiger partial charge on any atom is 0.257 e. The third kappa shape index (κ3) is 6.51. The summed E-state index contributed by atoms with van der Waals surface area (Å²) in [5.41, 5.74) is 9.80. The lowest BCUT2D eigenvalue weighted by atomic mass is 9.91. The number of fused-ring (bicyclic) bond motifs is 1. The average molecular weight is 610 g/mol. The van der Waals surface area contributed by atoms with Gasteiger partial charge in [-0.25, -0.2) is 9.94 Å². The summed E-state index contributed by atoms with van der Waals surface area (Å²) in [4.78, 5) is 26.6. The van der Waals surface area contributed by atoms with Gasteiger partial charge in [0, 0.05) is 29.7 Å². The third-order valence-electron chi connectivity index (χ3n) is 9.22. The van der Waals surface area contributed by atoms with E-state index in [2.05, 4.69) is 47.8 Å². The topological polar surface area (TPSA) is 110 Å². The lowest BCUT2D eigenvalue weighted by Crippen LogP contribution is -2.35. The van der Waals surface area contributed by atoms with Crippen LogP contribution in [0.4, 0.5) is 0 Å². The number of rotatable bonds is 11. The Morgan fingerprint density at radius 2 is 1.80 bits per heavy atom. The van der Waals surface area contributed by atoms with Gasteiger partial charge in [0.1, 0.15) is 5.65 Å². The molecule has 1 fully saturated rings. The second-order valence-corrected chi connectivity index (χ2v) is 12.7. The molecular formula is C36H43N5O4. The highest BCUT2D eigenvalue weighted by Gasteiger charge is 2.28. The predicted molar refractivity (Wildman–Crippen MR) is 176 cm³/mol. The van der Waals surface area contributed by atoms with Gasteiger partial charge in [-0.15, -0.1) is 0 Å². The van der Waals surface area contributed by atoms with Crippen molar-refractivity contribution in [3.05, 3.63) is 93.5 Å². The first-order valence-electron chi connectivity index (χ1n) is 16.3. The first kappa shape index (κ1) is 30.9. The molecule has 0 radical (unpaired) electrons. The van der Waals surface area contributed by atoms with Crippen LogP contribution in [0.15, 0.2) is 70.7 Å². The Bertz CT molecular complexity index is 1750. The maximum absolute atomic E-state index is 14.5. The molecule has 9 heteroatoms. The number of carbonyl (C=O) groups is 1. The predicted octanol–water partition coefficient (Wildman–Crippen LogP) is 5.45. The van der Waals surface area contributed by atoms with Gasteiger partial charge in [0.15, 0.2) is 0 Å². The van der Waals surface area contributed by atoms with Crippen molar-refractivity contribution in [1.82, 2.24) is 19.6 Å². The number of nitrogens with one attached hydrogen (secondary N) is 1. The number of aliphatic hydroxyl groups is 1. The first-order chi connectivity index (χ1) is 21.8. The van der Waals surface area contributed by atoms with Gasteiger partial charge in [-0.1, -0.05) is 69.7 Å². The summed E-state index contributed by atoms with van der Waals surface area (Å²) in [7, 11) is 0. The van der Waals surface area contributed by atoms with Gasteiger partial charge in [-0.3, -0.25) is 14.2 Å². The molecule has 9 nitrogen and oxygen atoms in total. The summed E-state index contributed by atoms with van der Waals surface area (Å²) in [5, 5.41) is 19.2. The van der Waals surface area contributed by atoms with Crippen molar-refractivity contribution in [2.45, 2.75) is 90.4 Å². The summed E-state index contributed by atoms with van der Waals surface area (Å²) in [5.74, 6) is 0.0361. The number of hydrogen-bond acceptors (Lipinski definition) is 6. The quantitative estimate of drug-likeness (QED) is 0.235. The van der Waals surface area contributed by atoms with Gasteiger partial charge in [0.05, 0.1) is 42.8 Å². The van der Waals surface area contributed by atoms with Gasteiger partial charge in [0.2, 0.25) is 5.91 Å². The Balaban J connectivity index is 1.35. The van der Waals surface area contributed by atoms with Crippen LogP contribution in [0, 0.1) is 5.92 Å². The van der Waals surface area contributed by atoms with Crippen LogP contribution in [0.2, 0.25) is 0 Å². The molecule has 1 amide bonds. The number of hydrogen-bond donors (Lipinski definition) is 2. The minimum atomic E-state index is -0.467. The summed E-state index contributed by atoms with van der Waals surface area (Å²) in [6.07, 6.45) is 7.04. The molecule has 2 aromatic carbocycles. The van der Waals surface area contributed by atoms with Gasteiger partial charge in [-0.05, 0) is 60.8 Å². The Hall–Kier alpha value is -4.08. The smallest absolute Gasteiger partial charge is 0.257 e. The van der Waals surface area contributed by atoms with Crippen LogP contribution in [0.3, 0.4) is 0 Å². The molecular weight excluding hydrogens is 566 g/mol. The largest absolute Gasteiger partial charge is 0.390 e. The molecule has 2 N–H and O–H groups in total. The lowest BCUT2D eigenvalue weighted by molar-refractivity contribution is -0.119. The first-order valence-corrected chi connectivity index (χ1v) is 16.3. The molecule has 3 heterocycles. The minimum absolute atomic E-state index is 0.0368. The fourth-order valence-electron chi connectivity index (χ4n) is 6.64. The second kappa shape index (κ2) is 13.5. The highest BCUT2D eigenvalue weighted by molar-refractivity contribution is 6.16. The molecule has 1 unspecified atom stereocenters. The fourth-order valence-corrected chi connectivity index (χ4v) is 6.64. The van der Waals surface area contributed by atoms with Crippen molar-refractivity contribution in [3.63, 3.8) is 0 Å². The van der Waals surface area contributed by atoms with E-state index in [-0.39, 0.29) is 36.0 Å². The molecule has 4 aromatic rings. The number of hydrazone groups is 1. The highest BCUT2D eigenvalue weighted by Crippen LogP contribution is 2.32. The number of aromatic nitrogens is 3. The zero-order valence-corrected chi connectivity index (χ0v) is 26.4. The molecule has 45 heavy (non-hydrogen) atoms. The Morgan fingerprint density at radius 3 is 2.49 bits per heavy atom. The van der Waals surface area contributed by atoms with Gasteiger partial charge >= 0.3 is 0 Å². The fraction of sp³-hybridized carbons (Fsp3) is 0.444. The minimum Gasteiger partial charge on any atom is -0.390 e. The maximum atomic E-state index is 14.5. The van der Waals surface area contributed by atoms with Gasteiger partial charge in [0.25, 0.3) is 5.56 Å². The van der Waals surface area contributed by atoms with Crippen molar-refractivity contribution in [2.24, 2.45) is 11.0 Å². The van der Waals surface area contributed by atoms with Crippen LogP contribution in [-0.2, 0) is 22.4 Å². The monoisotopic (exact) mass is 609 g/mol. The molecule has 1 atom stereocenters. The molecule has 0 spiro atoms. The number of ether oxygens (including phenoxy) is 1. The average Bonchev–Trinajstić information content (AvgIpc) is 3.72. The Labute approximate surface area is 263 Å². The second-order valence-electron chi connectivity index (χ2n) is 12.7. The number of aliphatic hydroxyl groups excluding tert-OH is 1. The van der Waals surface area contributed by atoms with Crippen molar-refractivity contribution < 1.29 is 14.6 Å². The van der Waals surface area contributed by atoms with E-state index in [1.807, 2.05) is 47.2 Å². The van der Waals surface area contributed by atoms with Crippen LogP contribution in [0.5, 0.6) is 0 Å². The van der Waals surface area contributed by atoms with E-state index >= 15 is 0 Å².